The molecule has 2 amide bonds. The zero-order chi connectivity index (χ0) is 26.0. The highest BCUT2D eigenvalue weighted by Crippen LogP contribution is 2.23. The van der Waals surface area contributed by atoms with Gasteiger partial charge in [0.1, 0.15) is 6.04 Å². The highest BCUT2D eigenvalue weighted by Gasteiger charge is 2.32. The van der Waals surface area contributed by atoms with Gasteiger partial charge in [-0.1, -0.05) is 90.7 Å². The smallest absolute Gasteiger partial charge is 0.243 e. The van der Waals surface area contributed by atoms with Crippen molar-refractivity contribution >= 4 is 23.6 Å². The summed E-state index contributed by atoms with van der Waals surface area (Å²) in [5, 5.41) is 3.28. The number of nitrogens with one attached hydrogen (secondary N) is 1. The second kappa shape index (κ2) is 13.5. The molecule has 4 nitrogen and oxygen atoms in total. The van der Waals surface area contributed by atoms with E-state index in [0.29, 0.717) is 25.1 Å². The van der Waals surface area contributed by atoms with Crippen LogP contribution in [0.4, 0.5) is 0 Å². The van der Waals surface area contributed by atoms with E-state index >= 15 is 0 Å². The number of carbonyl (C=O) groups excluding carboxylic acids is 2. The number of benzene rings is 3. The molecule has 1 N–H and O–H groups in total. The number of hydrogen-bond donors (Lipinski definition) is 1. The Labute approximate surface area is 225 Å². The molecule has 3 aromatic rings. The van der Waals surface area contributed by atoms with E-state index in [1.165, 1.54) is 11.1 Å². The minimum Gasteiger partial charge on any atom is -0.352 e. The summed E-state index contributed by atoms with van der Waals surface area (Å²) in [5.74, 6) is 0.652. The largest absolute Gasteiger partial charge is 0.352 e. The molecule has 1 atom stereocenters. The van der Waals surface area contributed by atoms with Crippen molar-refractivity contribution in [2.45, 2.75) is 75.9 Å². The van der Waals surface area contributed by atoms with Crippen molar-refractivity contribution in [1.82, 2.24) is 10.2 Å². The molecule has 1 unspecified atom stereocenters. The first-order valence-electron chi connectivity index (χ1n) is 13.4. The summed E-state index contributed by atoms with van der Waals surface area (Å²) in [6, 6.07) is 26.3. The number of carbonyl (C=O) groups is 2. The van der Waals surface area contributed by atoms with Gasteiger partial charge in [-0.3, -0.25) is 9.59 Å². The Balaban J connectivity index is 1.55. The highest BCUT2D eigenvalue weighted by atomic mass is 32.2. The zero-order valence-electron chi connectivity index (χ0n) is 22.0. The second-order valence-corrected chi connectivity index (χ2v) is 11.3. The van der Waals surface area contributed by atoms with Gasteiger partial charge in [-0.2, -0.15) is 0 Å². The Morgan fingerprint density at radius 3 is 2.14 bits per heavy atom. The van der Waals surface area contributed by atoms with Crippen LogP contribution in [0.2, 0.25) is 0 Å². The molecule has 1 aliphatic carbocycles. The Kier molecular flexibility index (Phi) is 9.84. The first kappa shape index (κ1) is 27.0. The molecule has 5 heteroatoms. The summed E-state index contributed by atoms with van der Waals surface area (Å²) in [7, 11) is 0. The molecule has 0 heterocycles. The minimum absolute atomic E-state index is 0.0164. The van der Waals surface area contributed by atoms with E-state index in [0.717, 1.165) is 41.7 Å². The maximum atomic E-state index is 13.8. The molecule has 0 aromatic heterocycles. The van der Waals surface area contributed by atoms with E-state index in [9.17, 15) is 9.59 Å². The molecule has 1 aliphatic rings. The van der Waals surface area contributed by atoms with Crippen molar-refractivity contribution in [3.05, 3.63) is 101 Å². The summed E-state index contributed by atoms with van der Waals surface area (Å²) in [6.07, 6.45) is 5.22. The molecule has 0 bridgehead atoms. The Morgan fingerprint density at radius 2 is 1.49 bits per heavy atom. The van der Waals surface area contributed by atoms with Crippen LogP contribution in [-0.4, -0.2) is 34.6 Å². The van der Waals surface area contributed by atoms with Gasteiger partial charge in [-0.05, 0) is 49.9 Å². The Morgan fingerprint density at radius 1 is 0.865 bits per heavy atom. The third-order valence-corrected chi connectivity index (χ3v) is 8.07. The fourth-order valence-electron chi connectivity index (χ4n) is 4.85. The van der Waals surface area contributed by atoms with Crippen LogP contribution in [0.3, 0.4) is 0 Å². The van der Waals surface area contributed by atoms with Gasteiger partial charge in [-0.25, -0.2) is 0 Å². The monoisotopic (exact) mass is 514 g/mol. The molecule has 37 heavy (non-hydrogen) atoms. The van der Waals surface area contributed by atoms with Crippen LogP contribution in [0.5, 0.6) is 0 Å². The summed E-state index contributed by atoms with van der Waals surface area (Å²) in [6.45, 7) is 4.55. The summed E-state index contributed by atoms with van der Waals surface area (Å²) >= 11 is 1.69. The van der Waals surface area contributed by atoms with Gasteiger partial charge >= 0.3 is 0 Å². The van der Waals surface area contributed by atoms with Gasteiger partial charge in [0.25, 0.3) is 0 Å². The maximum absolute atomic E-state index is 13.8. The van der Waals surface area contributed by atoms with Crippen LogP contribution >= 0.6 is 11.8 Å². The Bertz CT molecular complexity index is 1140. The van der Waals surface area contributed by atoms with Gasteiger partial charge in [0.15, 0.2) is 0 Å². The molecular weight excluding hydrogens is 476 g/mol. The van der Waals surface area contributed by atoms with Gasteiger partial charge in [0, 0.05) is 36.1 Å². The molecule has 0 aliphatic heterocycles. The summed E-state index contributed by atoms with van der Waals surface area (Å²) in [5.41, 5.74) is 4.50. The molecule has 1 saturated carbocycles. The van der Waals surface area contributed by atoms with E-state index in [1.54, 1.807) is 11.8 Å². The third-order valence-electron chi connectivity index (χ3n) is 7.05. The van der Waals surface area contributed by atoms with Crippen molar-refractivity contribution < 1.29 is 9.59 Å². The van der Waals surface area contributed by atoms with Crippen LogP contribution in [0.1, 0.15) is 54.4 Å². The predicted octanol–water partition coefficient (Wildman–Crippen LogP) is 6.48. The minimum atomic E-state index is -0.554. The van der Waals surface area contributed by atoms with Crippen molar-refractivity contribution in [2.75, 3.05) is 5.75 Å². The van der Waals surface area contributed by atoms with E-state index in [4.69, 9.17) is 0 Å². The average Bonchev–Trinajstić information content (AvgIpc) is 3.42. The van der Waals surface area contributed by atoms with Crippen LogP contribution in [0.25, 0.3) is 0 Å². The number of aryl methyl sites for hydroxylation is 2. The van der Waals surface area contributed by atoms with Crippen LogP contribution in [-0.2, 0) is 22.6 Å². The van der Waals surface area contributed by atoms with Crippen molar-refractivity contribution in [3.8, 4) is 0 Å². The van der Waals surface area contributed by atoms with Crippen molar-refractivity contribution in [1.29, 1.82) is 0 Å². The lowest BCUT2D eigenvalue weighted by Crippen LogP contribution is -2.52. The lowest BCUT2D eigenvalue weighted by atomic mass is 10.0. The molecule has 1 fully saturated rings. The lowest BCUT2D eigenvalue weighted by molar-refractivity contribution is -0.141. The lowest BCUT2D eigenvalue weighted by Gasteiger charge is -2.32. The zero-order valence-corrected chi connectivity index (χ0v) is 22.8. The highest BCUT2D eigenvalue weighted by molar-refractivity contribution is 7.99. The van der Waals surface area contributed by atoms with Crippen LogP contribution < -0.4 is 5.32 Å². The van der Waals surface area contributed by atoms with Gasteiger partial charge in [-0.15, -0.1) is 11.8 Å². The Hall–Kier alpha value is -3.05. The van der Waals surface area contributed by atoms with E-state index in [2.05, 4.69) is 67.7 Å². The normalized spacial score (nSPS) is 14.3. The summed E-state index contributed by atoms with van der Waals surface area (Å²) in [4.78, 5) is 30.4. The average molecular weight is 515 g/mol. The topological polar surface area (TPSA) is 49.4 Å². The van der Waals surface area contributed by atoms with Gasteiger partial charge < -0.3 is 10.2 Å². The fraction of sp³-hybridized carbons (Fsp3) is 0.375. The van der Waals surface area contributed by atoms with E-state index in [-0.39, 0.29) is 17.9 Å². The number of thioether (sulfide) groups is 1. The van der Waals surface area contributed by atoms with Gasteiger partial charge in [0.2, 0.25) is 11.8 Å². The molecule has 0 spiro atoms. The number of nitrogens with zero attached hydrogens (tertiary/aromatic N) is 1. The van der Waals surface area contributed by atoms with Crippen molar-refractivity contribution in [2.24, 2.45) is 0 Å². The molecular formula is C32H38N2O2S. The molecule has 0 saturated heterocycles. The standard InChI is InChI=1S/C32H38N2O2S/c1-24-12-16-27(17-13-24)23-34(31(35)20-21-37-29-18-14-25(2)15-19-29)30(22-26-8-4-3-5-9-26)32(36)33-28-10-6-7-11-28/h3-5,8-9,12-19,28,30H,6-7,10-11,20-23H2,1-2H3,(H,33,36). The van der Waals surface area contributed by atoms with E-state index < -0.39 is 6.04 Å². The fourth-order valence-corrected chi connectivity index (χ4v) is 5.69. The SMILES string of the molecule is Cc1ccc(CN(C(=O)CCSc2ccc(C)cc2)C(Cc2ccccc2)C(=O)NC2CCCC2)cc1. The second-order valence-electron chi connectivity index (χ2n) is 10.1. The predicted molar refractivity (Wildman–Crippen MR) is 153 cm³/mol. The number of hydrogen-bond acceptors (Lipinski definition) is 3. The van der Waals surface area contributed by atoms with E-state index in [1.807, 2.05) is 35.2 Å². The van der Waals surface area contributed by atoms with Crippen LogP contribution in [0, 0.1) is 13.8 Å². The molecule has 3 aromatic carbocycles. The summed E-state index contributed by atoms with van der Waals surface area (Å²) < 4.78 is 0. The maximum Gasteiger partial charge on any atom is 0.243 e. The molecule has 194 valence electrons. The molecule has 4 rings (SSSR count). The number of rotatable bonds is 11. The first-order valence-corrected chi connectivity index (χ1v) is 14.4. The van der Waals surface area contributed by atoms with Gasteiger partial charge in [0.05, 0.1) is 0 Å². The van der Waals surface area contributed by atoms with Crippen molar-refractivity contribution in [3.63, 3.8) is 0 Å². The molecule has 0 radical (unpaired) electrons. The first-order chi connectivity index (χ1) is 18.0. The number of amides is 2. The van der Waals surface area contributed by atoms with Crippen LogP contribution in [0.15, 0.2) is 83.8 Å². The quantitative estimate of drug-likeness (QED) is 0.298. The third kappa shape index (κ3) is 8.22.